The summed E-state index contributed by atoms with van der Waals surface area (Å²) in [4.78, 5) is 15.3. The molecule has 1 fully saturated rings. The minimum atomic E-state index is -0.246. The minimum Gasteiger partial charge on any atom is -0.396 e. The summed E-state index contributed by atoms with van der Waals surface area (Å²) >= 11 is 5.96. The lowest BCUT2D eigenvalue weighted by Crippen LogP contribution is -2.30. The number of benzene rings is 2. The molecule has 0 saturated carbocycles. The zero-order chi connectivity index (χ0) is 18.4. The number of carbonyl (C=O) groups is 1. The average molecular weight is 373 g/mol. The van der Waals surface area contributed by atoms with E-state index in [1.54, 1.807) is 12.1 Å². The first-order valence-corrected chi connectivity index (χ1v) is 9.52. The molecule has 1 aliphatic heterocycles. The van der Waals surface area contributed by atoms with Crippen molar-refractivity contribution < 1.29 is 9.90 Å². The van der Waals surface area contributed by atoms with Crippen LogP contribution in [0, 0.1) is 0 Å². The second-order valence-corrected chi connectivity index (χ2v) is 7.17. The van der Waals surface area contributed by atoms with Crippen LogP contribution in [0.2, 0.25) is 5.02 Å². The first kappa shape index (κ1) is 18.9. The van der Waals surface area contributed by atoms with Crippen LogP contribution in [0.1, 0.15) is 46.8 Å². The zero-order valence-corrected chi connectivity index (χ0v) is 15.6. The van der Waals surface area contributed by atoms with Gasteiger partial charge in [-0.15, -0.1) is 0 Å². The Labute approximate surface area is 159 Å². The van der Waals surface area contributed by atoms with Gasteiger partial charge in [-0.3, -0.25) is 9.69 Å². The molecule has 0 bridgehead atoms. The fourth-order valence-corrected chi connectivity index (χ4v) is 3.57. The summed E-state index contributed by atoms with van der Waals surface area (Å²) < 4.78 is 0. The summed E-state index contributed by atoms with van der Waals surface area (Å²) in [5.74, 6) is -0.104. The van der Waals surface area contributed by atoms with Crippen molar-refractivity contribution in [2.75, 3.05) is 19.7 Å². The fraction of sp³-hybridized carbons (Fsp3) is 0.381. The SMILES string of the molecule is O=C(N[C@@H](CCO)c1ccc(Cl)cc1)c1ccccc1CN1CCCC1. The molecule has 1 saturated heterocycles. The van der Waals surface area contributed by atoms with Crippen molar-refractivity contribution in [2.24, 2.45) is 0 Å². The maximum atomic E-state index is 12.9. The van der Waals surface area contributed by atoms with Gasteiger partial charge < -0.3 is 10.4 Å². The maximum absolute atomic E-state index is 12.9. The summed E-state index contributed by atoms with van der Waals surface area (Å²) in [6.45, 7) is 2.99. The predicted octanol–water partition coefficient (Wildman–Crippen LogP) is 3.79. The summed E-state index contributed by atoms with van der Waals surface area (Å²) in [6, 6.07) is 14.9. The highest BCUT2D eigenvalue weighted by Crippen LogP contribution is 2.21. The fourth-order valence-electron chi connectivity index (χ4n) is 3.44. The van der Waals surface area contributed by atoms with Crippen LogP contribution in [-0.2, 0) is 6.54 Å². The Bertz CT molecular complexity index is 727. The smallest absolute Gasteiger partial charge is 0.252 e. The lowest BCUT2D eigenvalue weighted by Gasteiger charge is -2.21. The Kier molecular flexibility index (Phi) is 6.67. The topological polar surface area (TPSA) is 52.6 Å². The number of nitrogens with one attached hydrogen (secondary N) is 1. The molecule has 4 nitrogen and oxygen atoms in total. The monoisotopic (exact) mass is 372 g/mol. The second-order valence-electron chi connectivity index (χ2n) is 6.73. The first-order valence-electron chi connectivity index (χ1n) is 9.15. The van der Waals surface area contributed by atoms with Crippen LogP contribution in [0.4, 0.5) is 0 Å². The van der Waals surface area contributed by atoms with Crippen molar-refractivity contribution in [2.45, 2.75) is 31.8 Å². The molecular weight excluding hydrogens is 348 g/mol. The van der Waals surface area contributed by atoms with Gasteiger partial charge in [-0.05, 0) is 61.7 Å². The van der Waals surface area contributed by atoms with Gasteiger partial charge >= 0.3 is 0 Å². The van der Waals surface area contributed by atoms with E-state index in [1.807, 2.05) is 36.4 Å². The molecule has 1 atom stereocenters. The molecular formula is C21H25ClN2O2. The van der Waals surface area contributed by atoms with Crippen LogP contribution in [0.25, 0.3) is 0 Å². The van der Waals surface area contributed by atoms with Crippen LogP contribution >= 0.6 is 11.6 Å². The van der Waals surface area contributed by atoms with E-state index in [4.69, 9.17) is 11.6 Å². The molecule has 138 valence electrons. The van der Waals surface area contributed by atoms with Crippen molar-refractivity contribution in [3.63, 3.8) is 0 Å². The number of amides is 1. The molecule has 3 rings (SSSR count). The molecule has 1 aliphatic rings. The van der Waals surface area contributed by atoms with Gasteiger partial charge in [-0.25, -0.2) is 0 Å². The van der Waals surface area contributed by atoms with E-state index in [0.29, 0.717) is 17.0 Å². The van der Waals surface area contributed by atoms with Crippen molar-refractivity contribution in [3.8, 4) is 0 Å². The van der Waals surface area contributed by atoms with E-state index < -0.39 is 0 Å². The summed E-state index contributed by atoms with van der Waals surface area (Å²) in [7, 11) is 0. The molecule has 0 aromatic heterocycles. The highest BCUT2D eigenvalue weighted by Gasteiger charge is 2.19. The van der Waals surface area contributed by atoms with Crippen LogP contribution in [-0.4, -0.2) is 35.6 Å². The number of carbonyl (C=O) groups excluding carboxylic acids is 1. The van der Waals surface area contributed by atoms with Gasteiger partial charge in [-0.1, -0.05) is 41.9 Å². The Morgan fingerprint density at radius 1 is 1.12 bits per heavy atom. The van der Waals surface area contributed by atoms with Gasteiger partial charge in [0.05, 0.1) is 6.04 Å². The number of halogens is 1. The van der Waals surface area contributed by atoms with Crippen molar-refractivity contribution >= 4 is 17.5 Å². The highest BCUT2D eigenvalue weighted by molar-refractivity contribution is 6.30. The quantitative estimate of drug-likeness (QED) is 0.777. The number of nitrogens with zero attached hydrogens (tertiary/aromatic N) is 1. The van der Waals surface area contributed by atoms with Gasteiger partial charge in [0.2, 0.25) is 0 Å². The lowest BCUT2D eigenvalue weighted by molar-refractivity contribution is 0.0928. The highest BCUT2D eigenvalue weighted by atomic mass is 35.5. The number of likely N-dealkylation sites (tertiary alicyclic amines) is 1. The van der Waals surface area contributed by atoms with Gasteiger partial charge in [0.1, 0.15) is 0 Å². The molecule has 0 spiro atoms. The van der Waals surface area contributed by atoms with Crippen LogP contribution in [0.5, 0.6) is 0 Å². The van der Waals surface area contributed by atoms with Crippen molar-refractivity contribution in [1.82, 2.24) is 10.2 Å². The third-order valence-electron chi connectivity index (χ3n) is 4.85. The number of hydrogen-bond donors (Lipinski definition) is 2. The average Bonchev–Trinajstić information content (AvgIpc) is 3.15. The van der Waals surface area contributed by atoms with E-state index in [9.17, 15) is 9.90 Å². The molecule has 0 aliphatic carbocycles. The number of rotatable bonds is 7. The van der Waals surface area contributed by atoms with E-state index in [-0.39, 0.29) is 18.6 Å². The molecule has 26 heavy (non-hydrogen) atoms. The van der Waals surface area contributed by atoms with E-state index >= 15 is 0 Å². The van der Waals surface area contributed by atoms with Crippen molar-refractivity contribution in [1.29, 1.82) is 0 Å². The second kappa shape index (κ2) is 9.17. The Hall–Kier alpha value is -1.88. The van der Waals surface area contributed by atoms with Gasteiger partial charge in [0, 0.05) is 23.7 Å². The minimum absolute atomic E-state index is 0.00297. The third-order valence-corrected chi connectivity index (χ3v) is 5.10. The number of aliphatic hydroxyl groups excluding tert-OH is 1. The Morgan fingerprint density at radius 2 is 1.81 bits per heavy atom. The molecule has 5 heteroatoms. The van der Waals surface area contributed by atoms with E-state index in [1.165, 1.54) is 12.8 Å². The Morgan fingerprint density at radius 3 is 2.50 bits per heavy atom. The summed E-state index contributed by atoms with van der Waals surface area (Å²) in [5.41, 5.74) is 2.69. The van der Waals surface area contributed by atoms with Crippen LogP contribution in [0.3, 0.4) is 0 Å². The molecule has 2 aromatic carbocycles. The molecule has 2 aromatic rings. The normalized spacial score (nSPS) is 15.8. The molecule has 2 N–H and O–H groups in total. The van der Waals surface area contributed by atoms with Gasteiger partial charge in [0.15, 0.2) is 0 Å². The lowest BCUT2D eigenvalue weighted by atomic mass is 10.0. The predicted molar refractivity (Wildman–Crippen MR) is 104 cm³/mol. The molecule has 1 amide bonds. The van der Waals surface area contributed by atoms with Gasteiger partial charge in [-0.2, -0.15) is 0 Å². The van der Waals surface area contributed by atoms with Gasteiger partial charge in [0.25, 0.3) is 5.91 Å². The first-order chi connectivity index (χ1) is 12.7. The Balaban J connectivity index is 1.75. The summed E-state index contributed by atoms with van der Waals surface area (Å²) in [6.07, 6.45) is 2.91. The standard InChI is InChI=1S/C21H25ClN2O2/c22-18-9-7-16(8-10-18)20(11-14-25)23-21(26)19-6-2-1-5-17(19)15-24-12-3-4-13-24/h1-2,5-10,20,25H,3-4,11-15H2,(H,23,26)/t20-/m0/s1. The molecule has 0 radical (unpaired) electrons. The van der Waals surface area contributed by atoms with E-state index in [2.05, 4.69) is 10.2 Å². The van der Waals surface area contributed by atoms with Crippen LogP contribution in [0.15, 0.2) is 48.5 Å². The summed E-state index contributed by atoms with van der Waals surface area (Å²) in [5, 5.41) is 13.1. The molecule has 1 heterocycles. The van der Waals surface area contributed by atoms with Crippen molar-refractivity contribution in [3.05, 3.63) is 70.2 Å². The number of hydrogen-bond acceptors (Lipinski definition) is 3. The number of aliphatic hydroxyl groups is 1. The molecule has 0 unspecified atom stereocenters. The third kappa shape index (κ3) is 4.85. The van der Waals surface area contributed by atoms with E-state index in [0.717, 1.165) is 30.8 Å². The maximum Gasteiger partial charge on any atom is 0.252 e. The zero-order valence-electron chi connectivity index (χ0n) is 14.8. The largest absolute Gasteiger partial charge is 0.396 e. The van der Waals surface area contributed by atoms with Crippen LogP contribution < -0.4 is 5.32 Å².